The predicted molar refractivity (Wildman–Crippen MR) is 83.3 cm³/mol. The molecular weight excluding hydrogens is 304 g/mol. The minimum Gasteiger partial charge on any atom is -0.494 e. The number of nitro benzene ring substituents is 1. The van der Waals surface area contributed by atoms with E-state index in [0.29, 0.717) is 0 Å². The molecule has 1 rings (SSSR count). The van der Waals surface area contributed by atoms with Crippen molar-refractivity contribution in [1.29, 1.82) is 0 Å². The second kappa shape index (κ2) is 7.92. The van der Waals surface area contributed by atoms with Gasteiger partial charge in [-0.25, -0.2) is 4.79 Å². The number of esters is 1. The highest BCUT2D eigenvalue weighted by molar-refractivity contribution is 5.97. The second-order valence-corrected chi connectivity index (χ2v) is 4.93. The fourth-order valence-electron chi connectivity index (χ4n) is 1.63. The average Bonchev–Trinajstić information content (AvgIpc) is 2.46. The molecule has 0 saturated heterocycles. The fourth-order valence-corrected chi connectivity index (χ4v) is 1.63. The van der Waals surface area contributed by atoms with Crippen LogP contribution in [0.3, 0.4) is 0 Å². The molecule has 0 aliphatic rings. The summed E-state index contributed by atoms with van der Waals surface area (Å²) in [6.07, 6.45) is 0.244. The van der Waals surface area contributed by atoms with Gasteiger partial charge in [0, 0.05) is 12.1 Å². The summed E-state index contributed by atoms with van der Waals surface area (Å²) in [5.41, 5.74) is 0.829. The third-order valence-electron chi connectivity index (χ3n) is 2.72. The number of allylic oxidation sites excluding steroid dienone is 1. The molecule has 124 valence electrons. The van der Waals surface area contributed by atoms with Gasteiger partial charge in [-0.15, -0.1) is 0 Å². The van der Waals surface area contributed by atoms with Crippen LogP contribution in [0.2, 0.25) is 0 Å². The first-order valence-corrected chi connectivity index (χ1v) is 6.73. The van der Waals surface area contributed by atoms with Gasteiger partial charge in [0.2, 0.25) is 0 Å². The monoisotopic (exact) mass is 322 g/mol. The first-order chi connectivity index (χ1) is 10.7. The van der Waals surface area contributed by atoms with E-state index in [1.807, 2.05) is 0 Å². The number of carbonyl (C=O) groups is 2. The Balaban J connectivity index is 2.82. The summed E-state index contributed by atoms with van der Waals surface area (Å²) >= 11 is 0. The van der Waals surface area contributed by atoms with E-state index in [0.717, 1.165) is 5.57 Å². The molecular formula is C15H18N2O6. The number of ether oxygens (including phenoxy) is 2. The zero-order valence-electron chi connectivity index (χ0n) is 13.3. The number of benzene rings is 1. The lowest BCUT2D eigenvalue weighted by Crippen LogP contribution is -2.29. The van der Waals surface area contributed by atoms with Crippen molar-refractivity contribution in [3.05, 3.63) is 40.0 Å². The largest absolute Gasteiger partial charge is 0.494 e. The van der Waals surface area contributed by atoms with Gasteiger partial charge in [0.1, 0.15) is 5.75 Å². The van der Waals surface area contributed by atoms with Crippen LogP contribution in [-0.2, 0) is 14.3 Å². The van der Waals surface area contributed by atoms with Crippen molar-refractivity contribution in [3.63, 3.8) is 0 Å². The molecule has 0 spiro atoms. The summed E-state index contributed by atoms with van der Waals surface area (Å²) in [5, 5.41) is 13.2. The minimum atomic E-state index is -1.03. The molecule has 8 nitrogen and oxygen atoms in total. The van der Waals surface area contributed by atoms with Gasteiger partial charge in [0.05, 0.1) is 23.8 Å². The maximum absolute atomic E-state index is 12.0. The van der Waals surface area contributed by atoms with E-state index in [2.05, 4.69) is 5.32 Å². The van der Waals surface area contributed by atoms with Crippen molar-refractivity contribution < 1.29 is 24.0 Å². The molecule has 0 heterocycles. The number of rotatable bonds is 6. The second-order valence-electron chi connectivity index (χ2n) is 4.93. The maximum Gasteiger partial charge on any atom is 0.331 e. The van der Waals surface area contributed by atoms with Crippen LogP contribution in [0.1, 0.15) is 20.8 Å². The highest BCUT2D eigenvalue weighted by Gasteiger charge is 2.19. The molecule has 23 heavy (non-hydrogen) atoms. The third kappa shape index (κ3) is 5.42. The quantitative estimate of drug-likeness (QED) is 0.373. The Bertz CT molecular complexity index is 649. The molecule has 1 aromatic rings. The van der Waals surface area contributed by atoms with E-state index >= 15 is 0 Å². The van der Waals surface area contributed by atoms with Gasteiger partial charge in [0.25, 0.3) is 11.6 Å². The van der Waals surface area contributed by atoms with Gasteiger partial charge in [-0.1, -0.05) is 5.57 Å². The number of amides is 1. The van der Waals surface area contributed by atoms with Crippen molar-refractivity contribution in [2.24, 2.45) is 0 Å². The van der Waals surface area contributed by atoms with Crippen LogP contribution in [0.25, 0.3) is 0 Å². The molecule has 0 radical (unpaired) electrons. The number of non-ortho nitro benzene ring substituents is 1. The van der Waals surface area contributed by atoms with Crippen LogP contribution in [0, 0.1) is 10.1 Å². The molecule has 1 amide bonds. The minimum absolute atomic E-state index is 0.135. The van der Waals surface area contributed by atoms with Crippen molar-refractivity contribution in [2.45, 2.75) is 26.9 Å². The Hall–Kier alpha value is -2.90. The lowest BCUT2D eigenvalue weighted by molar-refractivity contribution is -0.384. The Kier molecular flexibility index (Phi) is 6.25. The summed E-state index contributed by atoms with van der Waals surface area (Å²) in [4.78, 5) is 33.7. The lowest BCUT2D eigenvalue weighted by Gasteiger charge is -2.14. The van der Waals surface area contributed by atoms with Gasteiger partial charge in [-0.2, -0.15) is 0 Å². The molecule has 0 fully saturated rings. The normalized spacial score (nSPS) is 11.1. The molecule has 1 N–H and O–H groups in total. The van der Waals surface area contributed by atoms with Crippen LogP contribution < -0.4 is 10.1 Å². The van der Waals surface area contributed by atoms with Crippen LogP contribution in [0.15, 0.2) is 29.8 Å². The van der Waals surface area contributed by atoms with Gasteiger partial charge in [-0.3, -0.25) is 14.9 Å². The number of hydrogen-bond acceptors (Lipinski definition) is 6. The number of anilines is 1. The summed E-state index contributed by atoms with van der Waals surface area (Å²) in [6, 6.07) is 3.77. The first-order valence-electron chi connectivity index (χ1n) is 6.73. The fraction of sp³-hybridized carbons (Fsp3) is 0.333. The zero-order valence-corrected chi connectivity index (χ0v) is 13.3. The average molecular weight is 322 g/mol. The number of methoxy groups -OCH3 is 1. The molecule has 1 aromatic carbocycles. The molecule has 0 unspecified atom stereocenters. The summed E-state index contributed by atoms with van der Waals surface area (Å²) < 4.78 is 9.97. The van der Waals surface area contributed by atoms with E-state index < -0.39 is 22.9 Å². The van der Waals surface area contributed by atoms with Gasteiger partial charge < -0.3 is 14.8 Å². The highest BCUT2D eigenvalue weighted by Crippen LogP contribution is 2.29. The number of nitrogens with one attached hydrogen (secondary N) is 1. The maximum atomic E-state index is 12.0. The van der Waals surface area contributed by atoms with E-state index in [1.54, 1.807) is 13.8 Å². The zero-order chi connectivity index (χ0) is 17.6. The summed E-state index contributed by atoms with van der Waals surface area (Å²) in [6.45, 7) is 4.88. The summed E-state index contributed by atoms with van der Waals surface area (Å²) in [7, 11) is 1.33. The lowest BCUT2D eigenvalue weighted by atomic mass is 10.2. The first kappa shape index (κ1) is 18.1. The summed E-state index contributed by atoms with van der Waals surface area (Å²) in [5.74, 6) is -1.06. The SMILES string of the molecule is COc1cc([N+](=O)[O-])ccc1NC(=O)[C@@H](C)OC(=O)C=C(C)C. The van der Waals surface area contributed by atoms with Gasteiger partial charge in [-0.05, 0) is 26.8 Å². The molecule has 1 atom stereocenters. The number of hydrogen-bond donors (Lipinski definition) is 1. The van der Waals surface area contributed by atoms with E-state index in [1.165, 1.54) is 38.3 Å². The molecule has 0 aliphatic carbocycles. The van der Waals surface area contributed by atoms with E-state index in [9.17, 15) is 19.7 Å². The Morgan fingerprint density at radius 1 is 1.35 bits per heavy atom. The Morgan fingerprint density at radius 2 is 2.00 bits per heavy atom. The Labute approximate surface area is 133 Å². The van der Waals surface area contributed by atoms with Crippen LogP contribution in [-0.4, -0.2) is 30.0 Å². The van der Waals surface area contributed by atoms with Crippen molar-refractivity contribution in [2.75, 3.05) is 12.4 Å². The van der Waals surface area contributed by atoms with Gasteiger partial charge >= 0.3 is 5.97 Å². The highest BCUT2D eigenvalue weighted by atomic mass is 16.6. The van der Waals surface area contributed by atoms with Crippen LogP contribution in [0.5, 0.6) is 5.75 Å². The smallest absolute Gasteiger partial charge is 0.331 e. The molecule has 0 bridgehead atoms. The van der Waals surface area contributed by atoms with Crippen LogP contribution >= 0.6 is 0 Å². The number of nitrogens with zero attached hydrogens (tertiary/aromatic N) is 1. The number of carbonyl (C=O) groups excluding carboxylic acids is 2. The van der Waals surface area contributed by atoms with Crippen molar-refractivity contribution >= 4 is 23.3 Å². The van der Waals surface area contributed by atoms with E-state index in [4.69, 9.17) is 9.47 Å². The van der Waals surface area contributed by atoms with Gasteiger partial charge in [0.15, 0.2) is 6.10 Å². The van der Waals surface area contributed by atoms with E-state index in [-0.39, 0.29) is 17.1 Å². The molecule has 0 aliphatic heterocycles. The van der Waals surface area contributed by atoms with Crippen molar-refractivity contribution in [1.82, 2.24) is 0 Å². The van der Waals surface area contributed by atoms with Crippen LogP contribution in [0.4, 0.5) is 11.4 Å². The molecule has 0 saturated carbocycles. The van der Waals surface area contributed by atoms with Crippen molar-refractivity contribution in [3.8, 4) is 5.75 Å². The Morgan fingerprint density at radius 3 is 2.52 bits per heavy atom. The number of nitro groups is 1. The predicted octanol–water partition coefficient (Wildman–Crippen LogP) is 2.44. The third-order valence-corrected chi connectivity index (χ3v) is 2.72. The standard InChI is InChI=1S/C15H18N2O6/c1-9(2)7-14(18)23-10(3)15(19)16-12-6-5-11(17(20)21)8-13(12)22-4/h5-8,10H,1-4H3,(H,16,19)/t10-/m1/s1. The molecule has 0 aromatic heterocycles. The molecule has 8 heteroatoms. The topological polar surface area (TPSA) is 108 Å².